The molecule has 0 aromatic carbocycles. The second-order valence-electron chi connectivity index (χ2n) is 10.2. The van der Waals surface area contributed by atoms with Crippen LogP contribution < -0.4 is 0 Å². The highest BCUT2D eigenvalue weighted by Gasteiger charge is 2.45. The molecule has 2 aliphatic rings. The Bertz CT molecular complexity index is 369. The average Bonchev–Trinajstić information content (AvgIpc) is 2.85. The molecule has 0 bridgehead atoms. The van der Waals surface area contributed by atoms with Gasteiger partial charge in [0.1, 0.15) is 7.28 Å². The monoisotopic (exact) mass is 292 g/mol. The van der Waals surface area contributed by atoms with Crippen molar-refractivity contribution in [2.75, 3.05) is 0 Å². The van der Waals surface area contributed by atoms with Gasteiger partial charge in [0.05, 0.1) is 47.1 Å². The number of hydrogen-bond donors (Lipinski definition) is 0. The van der Waals surface area contributed by atoms with Gasteiger partial charge in [-0.2, -0.15) is 0 Å². The molecule has 0 aromatic heterocycles. The molecule has 116 valence electrons. The van der Waals surface area contributed by atoms with Gasteiger partial charge in [0.2, 0.25) is 0 Å². The highest BCUT2D eigenvalue weighted by molar-refractivity contribution is 6.76. The van der Waals surface area contributed by atoms with Crippen molar-refractivity contribution < 1.29 is 0 Å². The largest absolute Gasteiger partial charge is 0.117 e. The van der Waals surface area contributed by atoms with Crippen molar-refractivity contribution in [2.24, 2.45) is 17.8 Å². The summed E-state index contributed by atoms with van der Waals surface area (Å²) in [5, 5.41) is 0.875. The summed E-state index contributed by atoms with van der Waals surface area (Å²) in [6.07, 6.45) is 10.6. The van der Waals surface area contributed by atoms with Gasteiger partial charge in [0.15, 0.2) is 0 Å². The van der Waals surface area contributed by atoms with E-state index in [0.717, 1.165) is 29.3 Å². The lowest BCUT2D eigenvalue weighted by atomic mass is 9.12. The van der Waals surface area contributed by atoms with Crippen molar-refractivity contribution in [2.45, 2.75) is 73.7 Å². The molecule has 0 radical (unpaired) electrons. The molecule has 2 rings (SSSR count). The fraction of sp³-hybridized carbons (Fsp3) is 1.00. The minimum Gasteiger partial charge on any atom is -0.117 e. The van der Waals surface area contributed by atoms with Crippen LogP contribution in [0.2, 0.25) is 21.9 Å². The van der Waals surface area contributed by atoms with Crippen LogP contribution in [0.1, 0.15) is 51.9 Å². The van der Waals surface area contributed by atoms with Crippen LogP contribution in [0.3, 0.4) is 0 Å². The Hall–Kier alpha value is 0.455. The van der Waals surface area contributed by atoms with Crippen molar-refractivity contribution >= 4 is 54.4 Å². The van der Waals surface area contributed by atoms with E-state index in [0.29, 0.717) is 10.3 Å². The molecule has 0 N–H and O–H groups in total. The molecule has 0 aromatic rings. The van der Waals surface area contributed by atoms with Crippen LogP contribution in [-0.2, 0) is 0 Å². The summed E-state index contributed by atoms with van der Waals surface area (Å²) >= 11 is 0. The van der Waals surface area contributed by atoms with Gasteiger partial charge < -0.3 is 0 Å². The van der Waals surface area contributed by atoms with Crippen LogP contribution in [0.5, 0.6) is 0 Å². The van der Waals surface area contributed by atoms with Gasteiger partial charge in [-0.25, -0.2) is 0 Å². The van der Waals surface area contributed by atoms with Crippen LogP contribution in [0.15, 0.2) is 0 Å². The minimum absolute atomic E-state index is 0.427. The third-order valence-corrected chi connectivity index (χ3v) is 8.31. The zero-order valence-electron chi connectivity index (χ0n) is 16.5. The van der Waals surface area contributed by atoms with E-state index >= 15 is 0 Å². The van der Waals surface area contributed by atoms with Crippen LogP contribution in [-0.4, -0.2) is 54.4 Å². The molecule has 2 fully saturated rings. The first-order valence-electron chi connectivity index (χ1n) is 10.2. The smallest absolute Gasteiger partial charge is 0.114 e. The van der Waals surface area contributed by atoms with Crippen molar-refractivity contribution in [3.63, 3.8) is 0 Å². The lowest BCUT2D eigenvalue weighted by Crippen LogP contribution is -2.44. The molecule has 0 nitrogen and oxygen atoms in total. The van der Waals surface area contributed by atoms with E-state index in [-0.39, 0.29) is 0 Å². The van der Waals surface area contributed by atoms with E-state index in [1.54, 1.807) is 19.3 Å². The highest BCUT2D eigenvalue weighted by Crippen LogP contribution is 2.55. The molecule has 0 spiro atoms. The molecule has 0 amide bonds. The minimum atomic E-state index is 0.427. The van der Waals surface area contributed by atoms with Crippen molar-refractivity contribution in [1.29, 1.82) is 0 Å². The maximum absolute atomic E-state index is 2.55. The Morgan fingerprint density at radius 2 is 1.64 bits per heavy atom. The summed E-state index contributed by atoms with van der Waals surface area (Å²) in [7, 11) is 16.4. The summed E-state index contributed by atoms with van der Waals surface area (Å²) in [6.45, 7) is 2.39. The van der Waals surface area contributed by atoms with E-state index in [4.69, 9.17) is 0 Å². The number of hydrogen-bond acceptors (Lipinski definition) is 0. The van der Waals surface area contributed by atoms with Gasteiger partial charge in [0, 0.05) is 0 Å². The van der Waals surface area contributed by atoms with Crippen molar-refractivity contribution in [1.82, 2.24) is 0 Å². The second kappa shape index (κ2) is 7.14. The predicted octanol–water partition coefficient (Wildman–Crippen LogP) is -1.43. The van der Waals surface area contributed by atoms with Gasteiger partial charge >= 0.3 is 0 Å². The van der Waals surface area contributed by atoms with Crippen LogP contribution in [0.4, 0.5) is 0 Å². The average molecular weight is 291 g/mol. The van der Waals surface area contributed by atoms with E-state index in [2.05, 4.69) is 54.0 Å². The Balaban J connectivity index is 2.10. The van der Waals surface area contributed by atoms with Gasteiger partial charge in [-0.3, -0.25) is 0 Å². The molecule has 0 heterocycles. The van der Waals surface area contributed by atoms with Crippen molar-refractivity contribution in [3.05, 3.63) is 0 Å². The topological polar surface area (TPSA) is 0 Å². The van der Waals surface area contributed by atoms with E-state index in [1.807, 2.05) is 0 Å². The van der Waals surface area contributed by atoms with Gasteiger partial charge in [-0.05, 0) is 24.2 Å². The first kappa shape index (κ1) is 18.8. The van der Waals surface area contributed by atoms with Crippen LogP contribution in [0.25, 0.3) is 0 Å². The fourth-order valence-corrected chi connectivity index (χ4v) is 5.57. The first-order chi connectivity index (χ1) is 10.2. The first-order valence-corrected chi connectivity index (χ1v) is 10.2. The molecule has 4 atom stereocenters. The second-order valence-corrected chi connectivity index (χ2v) is 10.2. The van der Waals surface area contributed by atoms with Crippen molar-refractivity contribution in [3.8, 4) is 0 Å². The number of rotatable bonds is 6. The summed E-state index contributed by atoms with van der Waals surface area (Å²) in [6, 6.07) is 0. The molecule has 0 saturated heterocycles. The van der Waals surface area contributed by atoms with Crippen LogP contribution in [0, 0.1) is 17.8 Å². The van der Waals surface area contributed by atoms with E-state index < -0.39 is 0 Å². The number of fused-ring (bicyclic) bond motifs is 1. The Kier molecular flexibility index (Phi) is 6.10. The van der Waals surface area contributed by atoms with E-state index in [1.165, 1.54) is 33.0 Å². The maximum Gasteiger partial charge on any atom is 0.114 e. The van der Waals surface area contributed by atoms with Gasteiger partial charge in [0.25, 0.3) is 0 Å². The third kappa shape index (κ3) is 3.75. The molecule has 0 aliphatic heterocycles. The standard InChI is InChI=1S/C15H35B7/c1-2-4-11-7-9-5-3-6-10(9)8-12(11)22-15(20,21)14(18,19)13(16)17/h9-13,22H,2-8,16-21H2,1H3. The van der Waals surface area contributed by atoms with E-state index in [9.17, 15) is 0 Å². The maximum atomic E-state index is 2.55. The summed E-state index contributed by atoms with van der Waals surface area (Å²) in [5.74, 6) is 4.18. The van der Waals surface area contributed by atoms with Gasteiger partial charge in [-0.15, -0.1) is 16.0 Å². The quantitative estimate of drug-likeness (QED) is 0.527. The summed E-state index contributed by atoms with van der Waals surface area (Å²) in [4.78, 5) is 0. The Morgan fingerprint density at radius 1 is 1.05 bits per heavy atom. The lowest BCUT2D eigenvalue weighted by Gasteiger charge is -2.50. The highest BCUT2D eigenvalue weighted by atomic mass is 14.4. The fourth-order valence-electron chi connectivity index (χ4n) is 5.57. The molecular weight excluding hydrogens is 256 g/mol. The zero-order chi connectivity index (χ0) is 16.5. The molecular formula is C15H35B7. The molecule has 22 heavy (non-hydrogen) atoms. The Morgan fingerprint density at radius 3 is 2.18 bits per heavy atom. The Labute approximate surface area is 146 Å². The lowest BCUT2D eigenvalue weighted by molar-refractivity contribution is 0.198. The summed E-state index contributed by atoms with van der Waals surface area (Å²) < 4.78 is 0. The van der Waals surface area contributed by atoms with Crippen LogP contribution >= 0.6 is 0 Å². The zero-order valence-corrected chi connectivity index (χ0v) is 16.5. The molecule has 7 heteroatoms. The molecule has 2 aliphatic carbocycles. The van der Waals surface area contributed by atoms with Gasteiger partial charge in [-0.1, -0.05) is 51.3 Å². The molecule has 2 saturated carbocycles. The third-order valence-electron chi connectivity index (χ3n) is 8.31. The normalized spacial score (nSPS) is 32.8. The molecule has 4 unspecified atom stereocenters. The summed E-state index contributed by atoms with van der Waals surface area (Å²) in [5.41, 5.74) is 0.759. The predicted molar refractivity (Wildman–Crippen MR) is 120 cm³/mol. The SMILES string of the molecule is BC(B)C(B)(B)C(B)(B)BC1CC2CCCC2CC1CCC.